The van der Waals surface area contributed by atoms with E-state index in [1.807, 2.05) is 0 Å². The number of hydrogen-bond donors (Lipinski definition) is 2. The van der Waals surface area contributed by atoms with Crippen molar-refractivity contribution in [2.45, 2.75) is 19.1 Å². The maximum atomic E-state index is 11.4. The average Bonchev–Trinajstić information content (AvgIpc) is 2.28. The lowest BCUT2D eigenvalue weighted by atomic mass is 10.2. The molecule has 0 bridgehead atoms. The van der Waals surface area contributed by atoms with E-state index >= 15 is 0 Å². The van der Waals surface area contributed by atoms with E-state index in [-0.39, 0.29) is 5.56 Å². The number of rotatable bonds is 3. The zero-order valence-electron chi connectivity index (χ0n) is 8.79. The van der Waals surface area contributed by atoms with Gasteiger partial charge in [-0.1, -0.05) is 18.2 Å². The summed E-state index contributed by atoms with van der Waals surface area (Å²) in [6.45, 7) is 1.35. The van der Waals surface area contributed by atoms with Crippen molar-refractivity contribution < 1.29 is 19.4 Å². The quantitative estimate of drug-likeness (QED) is 0.559. The molecular weight excluding hydrogens is 210 g/mol. The van der Waals surface area contributed by atoms with Gasteiger partial charge >= 0.3 is 11.9 Å². The second-order valence-electron chi connectivity index (χ2n) is 3.34. The number of aliphatic hydroxyl groups excluding tert-OH is 1. The molecular formula is C11H13NO4. The normalized spacial score (nSPS) is 13.9. The van der Waals surface area contributed by atoms with Crippen LogP contribution in [0, 0.1) is 0 Å². The molecule has 3 N–H and O–H groups in total. The standard InChI is InChI=1S/C11H13NO4/c1-7(13)9(12)11(15)16-10(14)8-5-3-2-4-6-8/h2-7,9,13H,12H2,1H3/t7-,9+/m1/s1. The summed E-state index contributed by atoms with van der Waals surface area (Å²) < 4.78 is 4.50. The fourth-order valence-electron chi connectivity index (χ4n) is 0.990. The third kappa shape index (κ3) is 3.15. The van der Waals surface area contributed by atoms with Crippen molar-refractivity contribution in [3.05, 3.63) is 35.9 Å². The molecule has 0 aromatic heterocycles. The summed E-state index contributed by atoms with van der Waals surface area (Å²) in [6, 6.07) is 6.85. The van der Waals surface area contributed by atoms with Crippen molar-refractivity contribution in [3.8, 4) is 0 Å². The molecule has 1 rings (SSSR count). The van der Waals surface area contributed by atoms with E-state index in [4.69, 9.17) is 10.8 Å². The van der Waals surface area contributed by atoms with Crippen molar-refractivity contribution in [2.75, 3.05) is 0 Å². The van der Waals surface area contributed by atoms with Crippen molar-refractivity contribution in [3.63, 3.8) is 0 Å². The molecule has 0 saturated heterocycles. The Morgan fingerprint density at radius 2 is 1.88 bits per heavy atom. The largest absolute Gasteiger partial charge is 0.391 e. The molecule has 0 aliphatic rings. The molecule has 0 unspecified atom stereocenters. The molecule has 0 heterocycles. The van der Waals surface area contributed by atoms with E-state index in [0.29, 0.717) is 0 Å². The van der Waals surface area contributed by atoms with E-state index in [1.54, 1.807) is 18.2 Å². The van der Waals surface area contributed by atoms with Gasteiger partial charge in [-0.25, -0.2) is 9.59 Å². The van der Waals surface area contributed by atoms with Gasteiger partial charge in [0.25, 0.3) is 0 Å². The van der Waals surface area contributed by atoms with Crippen LogP contribution >= 0.6 is 0 Å². The Labute approximate surface area is 92.8 Å². The van der Waals surface area contributed by atoms with Crippen LogP contribution in [0.15, 0.2) is 30.3 Å². The first kappa shape index (κ1) is 12.4. The molecule has 0 aliphatic carbocycles. The summed E-state index contributed by atoms with van der Waals surface area (Å²) >= 11 is 0. The van der Waals surface area contributed by atoms with Gasteiger partial charge in [0.2, 0.25) is 0 Å². The van der Waals surface area contributed by atoms with Crippen LogP contribution < -0.4 is 5.73 Å². The zero-order valence-corrected chi connectivity index (χ0v) is 8.79. The van der Waals surface area contributed by atoms with Gasteiger partial charge in [-0.3, -0.25) is 0 Å². The number of ether oxygens (including phenoxy) is 1. The third-order valence-corrected chi connectivity index (χ3v) is 1.99. The van der Waals surface area contributed by atoms with Crippen LogP contribution in [0.4, 0.5) is 0 Å². The summed E-state index contributed by atoms with van der Waals surface area (Å²) in [6.07, 6.45) is -1.06. The van der Waals surface area contributed by atoms with Gasteiger partial charge in [0.15, 0.2) is 0 Å². The van der Waals surface area contributed by atoms with E-state index in [2.05, 4.69) is 4.74 Å². The summed E-state index contributed by atoms with van der Waals surface area (Å²) in [4.78, 5) is 22.6. The van der Waals surface area contributed by atoms with Gasteiger partial charge < -0.3 is 15.6 Å². The summed E-state index contributed by atoms with van der Waals surface area (Å²) in [7, 11) is 0. The van der Waals surface area contributed by atoms with Gasteiger partial charge in [-0.2, -0.15) is 0 Å². The highest BCUT2D eigenvalue weighted by atomic mass is 16.6. The van der Waals surface area contributed by atoms with Gasteiger partial charge in [0.05, 0.1) is 11.7 Å². The number of hydrogen-bond acceptors (Lipinski definition) is 5. The van der Waals surface area contributed by atoms with Crippen molar-refractivity contribution in [1.29, 1.82) is 0 Å². The lowest BCUT2D eigenvalue weighted by Crippen LogP contribution is -2.42. The first-order valence-electron chi connectivity index (χ1n) is 4.77. The lowest BCUT2D eigenvalue weighted by Gasteiger charge is -2.12. The highest BCUT2D eigenvalue weighted by Gasteiger charge is 2.23. The molecule has 0 spiro atoms. The number of esters is 2. The second-order valence-corrected chi connectivity index (χ2v) is 3.34. The van der Waals surface area contributed by atoms with Crippen LogP contribution in [-0.2, 0) is 9.53 Å². The van der Waals surface area contributed by atoms with Crippen molar-refractivity contribution >= 4 is 11.9 Å². The monoisotopic (exact) mass is 223 g/mol. The van der Waals surface area contributed by atoms with Gasteiger partial charge in [-0.15, -0.1) is 0 Å². The minimum atomic E-state index is -1.22. The predicted octanol–water partition coefficient (Wildman–Crippen LogP) is 0.0781. The van der Waals surface area contributed by atoms with Crippen molar-refractivity contribution in [1.82, 2.24) is 0 Å². The minimum absolute atomic E-state index is 0.258. The molecule has 0 saturated carbocycles. The average molecular weight is 223 g/mol. The zero-order chi connectivity index (χ0) is 12.1. The van der Waals surface area contributed by atoms with Crippen LogP contribution in [0.3, 0.4) is 0 Å². The topological polar surface area (TPSA) is 89.6 Å². The van der Waals surface area contributed by atoms with Crippen LogP contribution in [0.5, 0.6) is 0 Å². The first-order chi connectivity index (χ1) is 7.52. The number of nitrogens with two attached hydrogens (primary N) is 1. The van der Waals surface area contributed by atoms with E-state index in [9.17, 15) is 9.59 Å². The Morgan fingerprint density at radius 1 is 1.31 bits per heavy atom. The maximum Gasteiger partial charge on any atom is 0.345 e. The van der Waals surface area contributed by atoms with Gasteiger partial charge in [0.1, 0.15) is 6.04 Å². The highest BCUT2D eigenvalue weighted by molar-refractivity contribution is 5.98. The fraction of sp³-hybridized carbons (Fsp3) is 0.273. The molecule has 2 atom stereocenters. The summed E-state index contributed by atoms with van der Waals surface area (Å²) in [5.74, 6) is -1.72. The lowest BCUT2D eigenvalue weighted by molar-refractivity contribution is -0.141. The van der Waals surface area contributed by atoms with Crippen LogP contribution in [0.2, 0.25) is 0 Å². The van der Waals surface area contributed by atoms with E-state index in [0.717, 1.165) is 0 Å². The molecule has 0 radical (unpaired) electrons. The number of benzene rings is 1. The Kier molecular flexibility index (Phi) is 4.16. The molecule has 1 aromatic rings. The highest BCUT2D eigenvalue weighted by Crippen LogP contribution is 2.02. The molecule has 0 fully saturated rings. The van der Waals surface area contributed by atoms with Crippen LogP contribution in [0.1, 0.15) is 17.3 Å². The number of carbonyl (C=O) groups is 2. The molecule has 86 valence electrons. The molecule has 16 heavy (non-hydrogen) atoms. The van der Waals surface area contributed by atoms with Crippen LogP contribution in [0.25, 0.3) is 0 Å². The first-order valence-corrected chi connectivity index (χ1v) is 4.77. The fourth-order valence-corrected chi connectivity index (χ4v) is 0.990. The molecule has 5 heteroatoms. The number of carbonyl (C=O) groups excluding carboxylic acids is 2. The molecule has 5 nitrogen and oxygen atoms in total. The van der Waals surface area contributed by atoms with E-state index in [1.165, 1.54) is 19.1 Å². The van der Waals surface area contributed by atoms with Gasteiger partial charge in [-0.05, 0) is 19.1 Å². The summed E-state index contributed by atoms with van der Waals surface area (Å²) in [5.41, 5.74) is 5.57. The molecule has 0 amide bonds. The third-order valence-electron chi connectivity index (χ3n) is 1.99. The SMILES string of the molecule is C[C@@H](O)[C@H](N)C(=O)OC(=O)c1ccccc1. The smallest absolute Gasteiger partial charge is 0.345 e. The van der Waals surface area contributed by atoms with Crippen LogP contribution in [-0.4, -0.2) is 29.2 Å². The number of aliphatic hydroxyl groups is 1. The molecule has 0 aliphatic heterocycles. The van der Waals surface area contributed by atoms with Crippen molar-refractivity contribution in [2.24, 2.45) is 5.73 Å². The Hall–Kier alpha value is -1.72. The maximum absolute atomic E-state index is 11.4. The Bertz CT molecular complexity index is 375. The van der Waals surface area contributed by atoms with Gasteiger partial charge in [0, 0.05) is 0 Å². The predicted molar refractivity (Wildman–Crippen MR) is 56.5 cm³/mol. The summed E-state index contributed by atoms with van der Waals surface area (Å²) in [5, 5.41) is 9.04. The molecule has 1 aromatic carbocycles. The second kappa shape index (κ2) is 5.39. The van der Waals surface area contributed by atoms with E-state index < -0.39 is 24.1 Å². The Morgan fingerprint density at radius 3 is 2.38 bits per heavy atom. The minimum Gasteiger partial charge on any atom is -0.391 e. The Balaban J connectivity index is 2.62.